The second-order valence-corrected chi connectivity index (χ2v) is 7.73. The Morgan fingerprint density at radius 2 is 2.03 bits per heavy atom. The minimum Gasteiger partial charge on any atom is -0.335 e. The monoisotopic (exact) mass is 397 g/mol. The molecule has 0 aromatic carbocycles. The van der Waals surface area contributed by atoms with Crippen LogP contribution in [0.25, 0.3) is 0 Å². The molecule has 0 radical (unpaired) electrons. The summed E-state index contributed by atoms with van der Waals surface area (Å²) in [6.07, 6.45) is 10.6. The highest BCUT2D eigenvalue weighted by molar-refractivity contribution is 5.87. The Labute approximate surface area is 170 Å². The van der Waals surface area contributed by atoms with E-state index < -0.39 is 6.04 Å². The fourth-order valence-corrected chi connectivity index (χ4v) is 4.11. The van der Waals surface area contributed by atoms with Crippen molar-refractivity contribution in [2.75, 3.05) is 19.6 Å². The summed E-state index contributed by atoms with van der Waals surface area (Å²) < 4.78 is 2.10. The molecule has 2 fully saturated rings. The van der Waals surface area contributed by atoms with Gasteiger partial charge >= 0.3 is 6.03 Å². The number of nitrogens with zero attached hydrogens (tertiary/aromatic N) is 6. The number of hydrogen-bond acceptors (Lipinski definition) is 5. The lowest BCUT2D eigenvalue weighted by Crippen LogP contribution is -2.55. The molecule has 4 heterocycles. The van der Waals surface area contributed by atoms with Gasteiger partial charge in [0.1, 0.15) is 11.9 Å². The molecule has 2 aromatic heterocycles. The molecule has 0 bridgehead atoms. The van der Waals surface area contributed by atoms with E-state index in [1.807, 2.05) is 30.4 Å². The molecule has 2 aliphatic rings. The molecule has 29 heavy (non-hydrogen) atoms. The van der Waals surface area contributed by atoms with Crippen LogP contribution < -0.4 is 5.32 Å². The van der Waals surface area contributed by atoms with Crippen molar-refractivity contribution in [3.05, 3.63) is 42.5 Å². The Hall–Kier alpha value is -2.97. The zero-order valence-corrected chi connectivity index (χ0v) is 16.7. The average Bonchev–Trinajstić information content (AvgIpc) is 3.26. The summed E-state index contributed by atoms with van der Waals surface area (Å²) in [5, 5.41) is 2.96. The van der Waals surface area contributed by atoms with Crippen molar-refractivity contribution in [2.45, 2.75) is 51.2 Å². The predicted molar refractivity (Wildman–Crippen MR) is 106 cm³/mol. The minimum atomic E-state index is -0.467. The maximum Gasteiger partial charge on any atom is 0.318 e. The van der Waals surface area contributed by atoms with Crippen molar-refractivity contribution in [1.29, 1.82) is 0 Å². The predicted octanol–water partition coefficient (Wildman–Crippen LogP) is 1.52. The van der Waals surface area contributed by atoms with Crippen LogP contribution in [0.1, 0.15) is 43.2 Å². The maximum atomic E-state index is 12.9. The lowest BCUT2D eigenvalue weighted by atomic mass is 10.0. The van der Waals surface area contributed by atoms with Gasteiger partial charge in [0.25, 0.3) is 0 Å². The third-order valence-corrected chi connectivity index (χ3v) is 5.71. The van der Waals surface area contributed by atoms with Crippen molar-refractivity contribution in [3.8, 4) is 0 Å². The molecule has 1 N–H and O–H groups in total. The molecule has 1 unspecified atom stereocenters. The molecule has 2 aromatic rings. The van der Waals surface area contributed by atoms with E-state index in [4.69, 9.17) is 0 Å². The number of amides is 3. The number of hydrogen-bond donors (Lipinski definition) is 1. The van der Waals surface area contributed by atoms with Crippen molar-refractivity contribution < 1.29 is 9.59 Å². The SMILES string of the molecule is Cc1nccc(CN2CCCC(NC(=O)N3CCC(n4ccnc4)CC3)C2=O)n1. The van der Waals surface area contributed by atoms with E-state index in [9.17, 15) is 9.59 Å². The Morgan fingerprint density at radius 3 is 2.76 bits per heavy atom. The molecule has 0 aliphatic carbocycles. The summed E-state index contributed by atoms with van der Waals surface area (Å²) in [7, 11) is 0. The van der Waals surface area contributed by atoms with E-state index in [0.717, 1.165) is 25.0 Å². The van der Waals surface area contributed by atoms with Gasteiger partial charge in [0, 0.05) is 44.3 Å². The van der Waals surface area contributed by atoms with Crippen molar-refractivity contribution >= 4 is 11.9 Å². The van der Waals surface area contributed by atoms with Gasteiger partial charge in [0.05, 0.1) is 18.6 Å². The largest absolute Gasteiger partial charge is 0.335 e. The Bertz CT molecular complexity index is 846. The number of imidazole rings is 1. The number of likely N-dealkylation sites (tertiary alicyclic amines) is 2. The van der Waals surface area contributed by atoms with Gasteiger partial charge in [-0.05, 0) is 38.7 Å². The maximum absolute atomic E-state index is 12.9. The Kier molecular flexibility index (Phi) is 5.73. The van der Waals surface area contributed by atoms with Gasteiger partial charge in [-0.25, -0.2) is 19.7 Å². The molecule has 0 spiro atoms. The molecule has 9 heteroatoms. The standard InChI is InChI=1S/C20H27N7O2/c1-15-22-7-4-16(23-15)13-26-9-2-3-18(19(26)28)24-20(29)25-10-5-17(6-11-25)27-12-8-21-14-27/h4,7-8,12,14,17-18H,2-3,5-6,9-11,13H2,1H3,(H,24,29). The van der Waals surface area contributed by atoms with Crippen LogP contribution in [-0.2, 0) is 11.3 Å². The molecule has 2 saturated heterocycles. The topological polar surface area (TPSA) is 96.3 Å². The number of nitrogens with one attached hydrogen (secondary N) is 1. The van der Waals surface area contributed by atoms with Crippen LogP contribution in [0.5, 0.6) is 0 Å². The van der Waals surface area contributed by atoms with Crippen LogP contribution in [0.4, 0.5) is 4.79 Å². The Morgan fingerprint density at radius 1 is 1.21 bits per heavy atom. The number of urea groups is 1. The van der Waals surface area contributed by atoms with Gasteiger partial charge in [0.15, 0.2) is 0 Å². The van der Waals surface area contributed by atoms with E-state index in [2.05, 4.69) is 24.8 Å². The number of aryl methyl sites for hydroxylation is 1. The molecule has 1 atom stereocenters. The van der Waals surface area contributed by atoms with Crippen LogP contribution >= 0.6 is 0 Å². The summed E-state index contributed by atoms with van der Waals surface area (Å²) in [6.45, 7) is 4.33. The van der Waals surface area contributed by atoms with Crippen LogP contribution in [0.15, 0.2) is 31.0 Å². The summed E-state index contributed by atoms with van der Waals surface area (Å²) in [4.78, 5) is 41.8. The van der Waals surface area contributed by atoms with E-state index in [1.54, 1.807) is 17.3 Å². The fraction of sp³-hybridized carbons (Fsp3) is 0.550. The van der Waals surface area contributed by atoms with Gasteiger partial charge in [-0.3, -0.25) is 4.79 Å². The van der Waals surface area contributed by atoms with Gasteiger partial charge in [-0.15, -0.1) is 0 Å². The lowest BCUT2D eigenvalue weighted by molar-refractivity contribution is -0.136. The van der Waals surface area contributed by atoms with E-state index in [1.165, 1.54) is 0 Å². The van der Waals surface area contributed by atoms with Crippen LogP contribution in [0.3, 0.4) is 0 Å². The number of carbonyl (C=O) groups excluding carboxylic acids is 2. The lowest BCUT2D eigenvalue weighted by Gasteiger charge is -2.36. The van der Waals surface area contributed by atoms with E-state index in [0.29, 0.717) is 44.5 Å². The first kappa shape index (κ1) is 19.4. The highest BCUT2D eigenvalue weighted by Crippen LogP contribution is 2.22. The normalized spacial score (nSPS) is 20.7. The summed E-state index contributed by atoms with van der Waals surface area (Å²) in [6, 6.07) is 1.59. The van der Waals surface area contributed by atoms with E-state index in [-0.39, 0.29) is 11.9 Å². The van der Waals surface area contributed by atoms with E-state index >= 15 is 0 Å². The van der Waals surface area contributed by atoms with Crippen LogP contribution in [0, 0.1) is 6.92 Å². The molecule has 154 valence electrons. The summed E-state index contributed by atoms with van der Waals surface area (Å²) >= 11 is 0. The molecule has 0 saturated carbocycles. The highest BCUT2D eigenvalue weighted by atomic mass is 16.2. The average molecular weight is 397 g/mol. The first-order valence-corrected chi connectivity index (χ1v) is 10.2. The second kappa shape index (κ2) is 8.59. The highest BCUT2D eigenvalue weighted by Gasteiger charge is 2.32. The minimum absolute atomic E-state index is 0.0332. The fourth-order valence-electron chi connectivity index (χ4n) is 4.11. The molecule has 2 aliphatic heterocycles. The molecule has 4 rings (SSSR count). The molecule has 3 amide bonds. The smallest absolute Gasteiger partial charge is 0.318 e. The van der Waals surface area contributed by atoms with Crippen molar-refractivity contribution in [2.24, 2.45) is 0 Å². The molecular formula is C20H27N7O2. The zero-order chi connectivity index (χ0) is 20.2. The summed E-state index contributed by atoms with van der Waals surface area (Å²) in [5.74, 6) is 0.657. The number of aromatic nitrogens is 4. The third kappa shape index (κ3) is 4.55. The van der Waals surface area contributed by atoms with Gasteiger partial charge in [0.2, 0.25) is 5.91 Å². The van der Waals surface area contributed by atoms with Gasteiger partial charge < -0.3 is 19.7 Å². The number of carbonyl (C=O) groups is 2. The van der Waals surface area contributed by atoms with Crippen LogP contribution in [0.2, 0.25) is 0 Å². The second-order valence-electron chi connectivity index (χ2n) is 7.73. The third-order valence-electron chi connectivity index (χ3n) is 5.71. The molecule has 9 nitrogen and oxygen atoms in total. The first-order chi connectivity index (χ1) is 14.1. The number of rotatable bonds is 4. The zero-order valence-electron chi connectivity index (χ0n) is 16.7. The van der Waals surface area contributed by atoms with Crippen molar-refractivity contribution in [3.63, 3.8) is 0 Å². The molecular weight excluding hydrogens is 370 g/mol. The van der Waals surface area contributed by atoms with Crippen LogP contribution in [-0.4, -0.2) is 66.9 Å². The first-order valence-electron chi connectivity index (χ1n) is 10.2. The van der Waals surface area contributed by atoms with Gasteiger partial charge in [-0.2, -0.15) is 0 Å². The Balaban J connectivity index is 1.30. The number of piperidine rings is 2. The van der Waals surface area contributed by atoms with Crippen molar-refractivity contribution in [1.82, 2.24) is 34.6 Å². The quantitative estimate of drug-likeness (QED) is 0.844. The summed E-state index contributed by atoms with van der Waals surface area (Å²) in [5.41, 5.74) is 0.819. The van der Waals surface area contributed by atoms with Gasteiger partial charge in [-0.1, -0.05) is 0 Å².